The zero-order chi connectivity index (χ0) is 10.8. The van der Waals surface area contributed by atoms with E-state index in [9.17, 15) is 9.50 Å². The predicted molar refractivity (Wildman–Crippen MR) is 57.1 cm³/mol. The van der Waals surface area contributed by atoms with Gasteiger partial charge >= 0.3 is 0 Å². The molecule has 0 spiro atoms. The minimum absolute atomic E-state index is 0.0945. The summed E-state index contributed by atoms with van der Waals surface area (Å²) in [6.07, 6.45) is 1.35. The fraction of sp³-hybridized carbons (Fsp3) is 0.100. The average Bonchev–Trinajstić information content (AvgIpc) is 2.53. The lowest BCUT2D eigenvalue weighted by molar-refractivity contribution is 0.469. The fourth-order valence-corrected chi connectivity index (χ4v) is 1.55. The average molecular weight is 271 g/mol. The Morgan fingerprint density at radius 2 is 2.00 bits per heavy atom. The number of halogens is 2. The van der Waals surface area contributed by atoms with E-state index in [1.54, 1.807) is 16.8 Å². The van der Waals surface area contributed by atoms with Crippen molar-refractivity contribution in [1.82, 2.24) is 9.78 Å². The van der Waals surface area contributed by atoms with Gasteiger partial charge in [-0.1, -0.05) is 12.1 Å². The van der Waals surface area contributed by atoms with Crippen molar-refractivity contribution in [2.45, 2.75) is 6.54 Å². The van der Waals surface area contributed by atoms with Gasteiger partial charge in [-0.25, -0.2) is 4.39 Å². The third kappa shape index (κ3) is 2.18. The molecular formula is C10H8BrFN2O. The van der Waals surface area contributed by atoms with Gasteiger partial charge in [0.25, 0.3) is 0 Å². The van der Waals surface area contributed by atoms with Crippen LogP contribution >= 0.6 is 15.9 Å². The maximum atomic E-state index is 12.6. The van der Waals surface area contributed by atoms with Crippen LogP contribution in [0.3, 0.4) is 0 Å². The Bertz CT molecular complexity index is 467. The molecule has 0 atom stereocenters. The smallest absolute Gasteiger partial charge is 0.168 e. The van der Waals surface area contributed by atoms with Gasteiger partial charge in [0.1, 0.15) is 10.4 Å². The largest absolute Gasteiger partial charge is 0.504 e. The quantitative estimate of drug-likeness (QED) is 0.911. The molecule has 0 saturated carbocycles. The van der Waals surface area contributed by atoms with Crippen LogP contribution in [0, 0.1) is 5.82 Å². The van der Waals surface area contributed by atoms with Crippen molar-refractivity contribution < 1.29 is 9.50 Å². The number of aromatic nitrogens is 2. The molecule has 1 heterocycles. The molecular weight excluding hydrogens is 263 g/mol. The van der Waals surface area contributed by atoms with Gasteiger partial charge in [0.05, 0.1) is 12.7 Å². The molecule has 0 fully saturated rings. The highest BCUT2D eigenvalue weighted by Crippen LogP contribution is 2.23. The summed E-state index contributed by atoms with van der Waals surface area (Å²) >= 11 is 3.20. The lowest BCUT2D eigenvalue weighted by Gasteiger charge is -2.03. The number of benzene rings is 1. The van der Waals surface area contributed by atoms with Crippen molar-refractivity contribution in [2.24, 2.45) is 0 Å². The first-order valence-electron chi connectivity index (χ1n) is 4.31. The van der Waals surface area contributed by atoms with Crippen LogP contribution in [0.25, 0.3) is 0 Å². The summed E-state index contributed by atoms with van der Waals surface area (Å²) in [5.41, 5.74) is 0.917. The number of aromatic hydroxyl groups is 1. The first-order chi connectivity index (χ1) is 7.16. The van der Waals surface area contributed by atoms with E-state index in [1.807, 2.05) is 0 Å². The summed E-state index contributed by atoms with van der Waals surface area (Å²) in [6, 6.07) is 6.15. The summed E-state index contributed by atoms with van der Waals surface area (Å²) in [6.45, 7) is 0.488. The van der Waals surface area contributed by atoms with Crippen molar-refractivity contribution in [1.29, 1.82) is 0 Å². The highest BCUT2D eigenvalue weighted by atomic mass is 79.9. The van der Waals surface area contributed by atoms with Crippen molar-refractivity contribution in [3.05, 3.63) is 46.4 Å². The second-order valence-electron chi connectivity index (χ2n) is 3.10. The second-order valence-corrected chi connectivity index (χ2v) is 3.86. The molecule has 1 aromatic carbocycles. The molecule has 3 nitrogen and oxygen atoms in total. The summed E-state index contributed by atoms with van der Waals surface area (Å²) in [5.74, 6) is -0.168. The Kier molecular flexibility index (Phi) is 2.73. The Morgan fingerprint density at radius 1 is 1.33 bits per heavy atom. The fourth-order valence-electron chi connectivity index (χ4n) is 1.23. The van der Waals surface area contributed by atoms with Crippen LogP contribution in [-0.4, -0.2) is 14.9 Å². The van der Waals surface area contributed by atoms with Crippen molar-refractivity contribution in [2.75, 3.05) is 0 Å². The Hall–Kier alpha value is -1.36. The van der Waals surface area contributed by atoms with Crippen LogP contribution in [0.1, 0.15) is 5.56 Å². The van der Waals surface area contributed by atoms with E-state index in [4.69, 9.17) is 0 Å². The lowest BCUT2D eigenvalue weighted by atomic mass is 10.2. The SMILES string of the molecule is Oc1cnn(Cc2ccc(F)cc2)c1Br. The molecule has 0 aliphatic rings. The first kappa shape index (κ1) is 10.2. The standard InChI is InChI=1S/C10H8BrFN2O/c11-10-9(15)5-13-14(10)6-7-1-3-8(12)4-2-7/h1-5,15H,6H2. The van der Waals surface area contributed by atoms with Crippen molar-refractivity contribution >= 4 is 15.9 Å². The monoisotopic (exact) mass is 270 g/mol. The first-order valence-corrected chi connectivity index (χ1v) is 5.11. The molecule has 5 heteroatoms. The van der Waals surface area contributed by atoms with Gasteiger partial charge in [-0.3, -0.25) is 4.68 Å². The number of rotatable bonds is 2. The molecule has 78 valence electrons. The van der Waals surface area contributed by atoms with E-state index >= 15 is 0 Å². The summed E-state index contributed by atoms with van der Waals surface area (Å²) in [5, 5.41) is 13.2. The molecule has 0 aliphatic heterocycles. The molecule has 0 amide bonds. The normalized spacial score (nSPS) is 10.5. The number of nitrogens with zero attached hydrogens (tertiary/aromatic N) is 2. The van der Waals surface area contributed by atoms with Crippen molar-refractivity contribution in [3.63, 3.8) is 0 Å². The summed E-state index contributed by atoms with van der Waals surface area (Å²) in [4.78, 5) is 0. The van der Waals surface area contributed by atoms with E-state index < -0.39 is 0 Å². The zero-order valence-electron chi connectivity index (χ0n) is 7.69. The third-order valence-electron chi connectivity index (χ3n) is 2.00. The third-order valence-corrected chi connectivity index (χ3v) is 2.82. The predicted octanol–water partition coefficient (Wildman–Crippen LogP) is 2.54. The van der Waals surface area contributed by atoms with Gasteiger partial charge < -0.3 is 5.11 Å². The van der Waals surface area contributed by atoms with Gasteiger partial charge in [0.2, 0.25) is 0 Å². The van der Waals surface area contributed by atoms with Crippen LogP contribution < -0.4 is 0 Å². The highest BCUT2D eigenvalue weighted by molar-refractivity contribution is 9.10. The maximum absolute atomic E-state index is 12.6. The van der Waals surface area contributed by atoms with E-state index in [-0.39, 0.29) is 11.6 Å². The molecule has 1 aromatic heterocycles. The Morgan fingerprint density at radius 3 is 2.53 bits per heavy atom. The number of hydrogen-bond donors (Lipinski definition) is 1. The van der Waals surface area contributed by atoms with E-state index in [0.717, 1.165) is 5.56 Å². The van der Waals surface area contributed by atoms with Crippen LogP contribution in [0.15, 0.2) is 35.1 Å². The molecule has 2 rings (SSSR count). The van der Waals surface area contributed by atoms with Gasteiger partial charge in [-0.2, -0.15) is 5.10 Å². The van der Waals surface area contributed by atoms with Crippen LogP contribution in [-0.2, 0) is 6.54 Å². The van der Waals surface area contributed by atoms with E-state index in [0.29, 0.717) is 11.1 Å². The van der Waals surface area contributed by atoms with Gasteiger partial charge in [0.15, 0.2) is 5.75 Å². The minimum atomic E-state index is -0.263. The second kappa shape index (κ2) is 4.02. The zero-order valence-corrected chi connectivity index (χ0v) is 9.28. The van der Waals surface area contributed by atoms with E-state index in [2.05, 4.69) is 21.0 Å². The Labute approximate surface area is 94.3 Å². The van der Waals surface area contributed by atoms with Crippen LogP contribution in [0.5, 0.6) is 5.75 Å². The van der Waals surface area contributed by atoms with Gasteiger partial charge in [-0.15, -0.1) is 0 Å². The highest BCUT2D eigenvalue weighted by Gasteiger charge is 2.06. The van der Waals surface area contributed by atoms with Crippen molar-refractivity contribution in [3.8, 4) is 5.75 Å². The number of hydrogen-bond acceptors (Lipinski definition) is 2. The van der Waals surface area contributed by atoms with Gasteiger partial charge in [0, 0.05) is 0 Å². The lowest BCUT2D eigenvalue weighted by Crippen LogP contribution is -2.01. The molecule has 1 N–H and O–H groups in total. The summed E-state index contributed by atoms with van der Waals surface area (Å²) < 4.78 is 14.7. The van der Waals surface area contributed by atoms with Crippen LogP contribution in [0.2, 0.25) is 0 Å². The topological polar surface area (TPSA) is 38.1 Å². The van der Waals surface area contributed by atoms with Gasteiger partial charge in [-0.05, 0) is 33.6 Å². The molecule has 0 saturated heterocycles. The molecule has 0 bridgehead atoms. The maximum Gasteiger partial charge on any atom is 0.168 e. The molecule has 0 aliphatic carbocycles. The summed E-state index contributed by atoms with van der Waals surface area (Å²) in [7, 11) is 0. The minimum Gasteiger partial charge on any atom is -0.504 e. The Balaban J connectivity index is 2.22. The molecule has 2 aromatic rings. The molecule has 0 radical (unpaired) electrons. The molecule has 15 heavy (non-hydrogen) atoms. The van der Waals surface area contributed by atoms with Crippen LogP contribution in [0.4, 0.5) is 4.39 Å². The molecule has 0 unspecified atom stereocenters. The van der Waals surface area contributed by atoms with E-state index in [1.165, 1.54) is 18.3 Å².